The molecule has 72 valence electrons. The molecule has 13 heavy (non-hydrogen) atoms. The highest BCUT2D eigenvalue weighted by atomic mass is 79.9. The molecule has 0 radical (unpaired) electrons. The van der Waals surface area contributed by atoms with E-state index in [4.69, 9.17) is 0 Å². The molecule has 0 aromatic heterocycles. The molecule has 1 rings (SSSR count). The van der Waals surface area contributed by atoms with Crippen molar-refractivity contribution in [3.05, 3.63) is 26.6 Å². The number of hydrogen-bond donors (Lipinski definition) is 0. The van der Waals surface area contributed by atoms with Crippen molar-refractivity contribution in [1.29, 1.82) is 0 Å². The number of halogens is 3. The van der Waals surface area contributed by atoms with Crippen LogP contribution in [0.5, 0.6) is 0 Å². The SMILES string of the molecule is Cc1cc(Br)c(S(=O)(=O)F)c(Br)c1. The molecular formula is C7H5Br2FO2S. The van der Waals surface area contributed by atoms with Gasteiger partial charge in [-0.2, -0.15) is 8.42 Å². The molecule has 0 amide bonds. The fraction of sp³-hybridized carbons (Fsp3) is 0.143. The zero-order valence-corrected chi connectivity index (χ0v) is 10.5. The monoisotopic (exact) mass is 330 g/mol. The lowest BCUT2D eigenvalue weighted by atomic mass is 10.2. The molecule has 1 aromatic rings. The number of rotatable bonds is 1. The van der Waals surface area contributed by atoms with E-state index in [1.54, 1.807) is 6.92 Å². The van der Waals surface area contributed by atoms with E-state index in [1.807, 2.05) is 0 Å². The van der Waals surface area contributed by atoms with Gasteiger partial charge in [0.25, 0.3) is 0 Å². The van der Waals surface area contributed by atoms with E-state index in [9.17, 15) is 12.3 Å². The van der Waals surface area contributed by atoms with Crippen LogP contribution in [0.15, 0.2) is 26.0 Å². The Morgan fingerprint density at radius 2 is 1.62 bits per heavy atom. The minimum atomic E-state index is -4.67. The van der Waals surface area contributed by atoms with Crippen molar-refractivity contribution < 1.29 is 12.3 Å². The van der Waals surface area contributed by atoms with E-state index < -0.39 is 10.2 Å². The van der Waals surface area contributed by atoms with Gasteiger partial charge in [0.1, 0.15) is 4.90 Å². The molecule has 0 aliphatic carbocycles. The summed E-state index contributed by atoms with van der Waals surface area (Å²) in [6, 6.07) is 3.08. The molecule has 0 aliphatic rings. The summed E-state index contributed by atoms with van der Waals surface area (Å²) in [5.41, 5.74) is 0.839. The molecule has 2 nitrogen and oxygen atoms in total. The average molecular weight is 332 g/mol. The van der Waals surface area contributed by atoms with Crippen LogP contribution in [0.3, 0.4) is 0 Å². The van der Waals surface area contributed by atoms with Crippen LogP contribution in [0.2, 0.25) is 0 Å². The van der Waals surface area contributed by atoms with Crippen LogP contribution in [0.25, 0.3) is 0 Å². The third-order valence-corrected chi connectivity index (χ3v) is 4.09. The fourth-order valence-corrected chi connectivity index (χ4v) is 4.08. The Morgan fingerprint density at radius 1 is 1.23 bits per heavy atom. The van der Waals surface area contributed by atoms with E-state index in [-0.39, 0.29) is 13.8 Å². The molecule has 0 spiro atoms. The first kappa shape index (κ1) is 11.1. The van der Waals surface area contributed by atoms with Gasteiger partial charge in [-0.1, -0.05) is 0 Å². The van der Waals surface area contributed by atoms with Crippen molar-refractivity contribution in [3.63, 3.8) is 0 Å². The first-order valence-corrected chi connectivity index (χ1v) is 6.19. The quantitative estimate of drug-likeness (QED) is 0.741. The number of hydrogen-bond acceptors (Lipinski definition) is 2. The van der Waals surface area contributed by atoms with E-state index in [0.717, 1.165) is 5.56 Å². The van der Waals surface area contributed by atoms with E-state index >= 15 is 0 Å². The van der Waals surface area contributed by atoms with Crippen LogP contribution in [-0.2, 0) is 10.2 Å². The molecule has 0 unspecified atom stereocenters. The lowest BCUT2D eigenvalue weighted by Crippen LogP contribution is -1.95. The van der Waals surface area contributed by atoms with Crippen molar-refractivity contribution in [2.75, 3.05) is 0 Å². The van der Waals surface area contributed by atoms with Crippen LogP contribution in [-0.4, -0.2) is 8.42 Å². The van der Waals surface area contributed by atoms with Crippen LogP contribution >= 0.6 is 31.9 Å². The molecular weight excluding hydrogens is 327 g/mol. The molecule has 0 atom stereocenters. The second-order valence-corrected chi connectivity index (χ2v) is 5.49. The maximum Gasteiger partial charge on any atom is 0.334 e. The summed E-state index contributed by atoms with van der Waals surface area (Å²) in [6.07, 6.45) is 0. The Balaban J connectivity index is 3.57. The Kier molecular flexibility index (Phi) is 3.14. The maximum atomic E-state index is 12.7. The van der Waals surface area contributed by atoms with Crippen LogP contribution in [0.4, 0.5) is 3.89 Å². The molecule has 0 bridgehead atoms. The third kappa shape index (κ3) is 2.51. The summed E-state index contributed by atoms with van der Waals surface area (Å²) in [6.45, 7) is 1.78. The molecule has 0 N–H and O–H groups in total. The van der Waals surface area contributed by atoms with E-state index in [1.165, 1.54) is 12.1 Å². The van der Waals surface area contributed by atoms with Crippen molar-refractivity contribution in [1.82, 2.24) is 0 Å². The minimum absolute atomic E-state index is 0.224. The first-order chi connectivity index (χ1) is 5.82. The van der Waals surface area contributed by atoms with Gasteiger partial charge in [-0.05, 0) is 56.5 Å². The van der Waals surface area contributed by atoms with Gasteiger partial charge in [-0.15, -0.1) is 3.89 Å². The lowest BCUT2D eigenvalue weighted by molar-refractivity contribution is 0.551. The van der Waals surface area contributed by atoms with Gasteiger partial charge < -0.3 is 0 Å². The normalized spacial score (nSPS) is 11.7. The van der Waals surface area contributed by atoms with E-state index in [2.05, 4.69) is 31.9 Å². The molecule has 0 saturated carbocycles. The summed E-state index contributed by atoms with van der Waals surface area (Å²) >= 11 is 5.97. The van der Waals surface area contributed by atoms with Gasteiger partial charge in [0.05, 0.1) is 0 Å². The molecule has 1 aromatic carbocycles. The molecule has 0 fully saturated rings. The highest BCUT2D eigenvalue weighted by molar-refractivity contribution is 9.11. The van der Waals surface area contributed by atoms with Crippen molar-refractivity contribution in [3.8, 4) is 0 Å². The fourth-order valence-electron chi connectivity index (χ4n) is 0.920. The zero-order valence-electron chi connectivity index (χ0n) is 6.51. The summed E-state index contributed by atoms with van der Waals surface area (Å²) in [5.74, 6) is 0. The van der Waals surface area contributed by atoms with Crippen molar-refractivity contribution in [2.45, 2.75) is 11.8 Å². The number of benzene rings is 1. The minimum Gasteiger partial charge on any atom is -0.189 e. The van der Waals surface area contributed by atoms with Crippen molar-refractivity contribution in [2.24, 2.45) is 0 Å². The van der Waals surface area contributed by atoms with Crippen LogP contribution in [0, 0.1) is 6.92 Å². The smallest absolute Gasteiger partial charge is 0.189 e. The second kappa shape index (κ2) is 3.67. The molecule has 0 heterocycles. The summed E-state index contributed by atoms with van der Waals surface area (Å²) < 4.78 is 34.5. The van der Waals surface area contributed by atoms with Gasteiger partial charge in [0, 0.05) is 8.95 Å². The Hall–Kier alpha value is 0.0600. The molecule has 0 aliphatic heterocycles. The first-order valence-electron chi connectivity index (χ1n) is 3.22. The van der Waals surface area contributed by atoms with Crippen molar-refractivity contribution >= 4 is 42.1 Å². The topological polar surface area (TPSA) is 34.1 Å². The summed E-state index contributed by atoms with van der Waals surface area (Å²) in [5, 5.41) is 0. The van der Waals surface area contributed by atoms with Gasteiger partial charge in [-0.3, -0.25) is 0 Å². The predicted octanol–water partition coefficient (Wildman–Crippen LogP) is 3.18. The van der Waals surface area contributed by atoms with Gasteiger partial charge in [0.15, 0.2) is 0 Å². The average Bonchev–Trinajstić information content (AvgIpc) is 1.78. The highest BCUT2D eigenvalue weighted by Crippen LogP contribution is 2.32. The van der Waals surface area contributed by atoms with E-state index in [0.29, 0.717) is 0 Å². The molecule has 0 saturated heterocycles. The second-order valence-electron chi connectivity index (χ2n) is 2.50. The highest BCUT2D eigenvalue weighted by Gasteiger charge is 2.20. The van der Waals surface area contributed by atoms with Gasteiger partial charge in [0.2, 0.25) is 0 Å². The third-order valence-electron chi connectivity index (χ3n) is 1.39. The Morgan fingerprint density at radius 3 is 1.92 bits per heavy atom. The zero-order chi connectivity index (χ0) is 10.2. The predicted molar refractivity (Wildman–Crippen MR) is 54.9 cm³/mol. The standard InChI is InChI=1S/C7H5Br2FO2S/c1-4-2-5(8)7(6(9)3-4)13(10,11)12/h2-3H,1H3. The largest absolute Gasteiger partial charge is 0.334 e. The maximum absolute atomic E-state index is 12.7. The molecule has 6 heteroatoms. The van der Waals surface area contributed by atoms with Crippen LogP contribution < -0.4 is 0 Å². The Bertz CT molecular complexity index is 419. The van der Waals surface area contributed by atoms with Gasteiger partial charge in [-0.25, -0.2) is 0 Å². The van der Waals surface area contributed by atoms with Crippen LogP contribution in [0.1, 0.15) is 5.56 Å². The summed E-state index contributed by atoms with van der Waals surface area (Å²) in [7, 11) is -4.67. The summed E-state index contributed by atoms with van der Waals surface area (Å²) in [4.78, 5) is -0.363. The Labute approximate surface area is 92.6 Å². The lowest BCUT2D eigenvalue weighted by Gasteiger charge is -2.03. The number of aryl methyl sites for hydroxylation is 1. The van der Waals surface area contributed by atoms with Gasteiger partial charge >= 0.3 is 10.2 Å².